The van der Waals surface area contributed by atoms with Crippen LogP contribution in [0.4, 0.5) is 0 Å². The van der Waals surface area contributed by atoms with Crippen molar-refractivity contribution in [3.8, 4) is 5.75 Å². The van der Waals surface area contributed by atoms with Gasteiger partial charge in [0.05, 0.1) is 6.04 Å². The summed E-state index contributed by atoms with van der Waals surface area (Å²) in [6.45, 7) is 5.72. The molecule has 0 radical (unpaired) electrons. The summed E-state index contributed by atoms with van der Waals surface area (Å²) in [6.07, 6.45) is 4.73. The molecule has 0 bridgehead atoms. The molecule has 5 nitrogen and oxygen atoms in total. The fraction of sp³-hybridized carbons (Fsp3) is 0.359. The highest BCUT2D eigenvalue weighted by atomic mass is 16.5. The number of benzene rings is 4. The molecule has 0 aromatic heterocycles. The van der Waals surface area contributed by atoms with Crippen LogP contribution in [0.3, 0.4) is 0 Å². The largest absolute Gasteiger partial charge is 0.492 e. The summed E-state index contributed by atoms with van der Waals surface area (Å²) < 4.78 is 11.6. The Morgan fingerprint density at radius 1 is 0.864 bits per heavy atom. The molecule has 1 aliphatic rings. The molecule has 230 valence electrons. The molecule has 44 heavy (non-hydrogen) atoms. The van der Waals surface area contributed by atoms with E-state index >= 15 is 0 Å². The lowest BCUT2D eigenvalue weighted by Crippen LogP contribution is -2.30. The minimum absolute atomic E-state index is 0.155. The summed E-state index contributed by atoms with van der Waals surface area (Å²) >= 11 is 0. The van der Waals surface area contributed by atoms with E-state index in [1.807, 2.05) is 31.2 Å². The molecule has 1 aliphatic carbocycles. The first-order valence-corrected chi connectivity index (χ1v) is 16.0. The van der Waals surface area contributed by atoms with Crippen LogP contribution in [0.5, 0.6) is 5.75 Å². The van der Waals surface area contributed by atoms with Crippen LogP contribution in [-0.2, 0) is 48.1 Å². The van der Waals surface area contributed by atoms with Crippen LogP contribution in [0.25, 0.3) is 0 Å². The van der Waals surface area contributed by atoms with Gasteiger partial charge in [-0.2, -0.15) is 0 Å². The first kappa shape index (κ1) is 31.5. The molecule has 0 heterocycles. The molecule has 0 amide bonds. The zero-order valence-electron chi connectivity index (χ0n) is 26.3. The number of ether oxygens (including phenoxy) is 2. The van der Waals surface area contributed by atoms with Crippen molar-refractivity contribution in [2.45, 2.75) is 64.5 Å². The third-order valence-electron chi connectivity index (χ3n) is 8.83. The highest BCUT2D eigenvalue weighted by molar-refractivity contribution is 5.72. The molecule has 4 aromatic rings. The lowest BCUT2D eigenvalue weighted by molar-refractivity contribution is -0.149. The highest BCUT2D eigenvalue weighted by Gasteiger charge is 2.28. The van der Waals surface area contributed by atoms with E-state index in [1.165, 1.54) is 38.9 Å². The summed E-state index contributed by atoms with van der Waals surface area (Å²) in [7, 11) is 2.21. The fourth-order valence-electron chi connectivity index (χ4n) is 6.43. The molecular formula is C39H45NO4. The Labute approximate surface area is 262 Å². The van der Waals surface area contributed by atoms with Crippen molar-refractivity contribution in [3.63, 3.8) is 0 Å². The van der Waals surface area contributed by atoms with E-state index in [1.54, 1.807) is 0 Å². The maximum absolute atomic E-state index is 11.5. The van der Waals surface area contributed by atoms with Gasteiger partial charge in [-0.05, 0) is 103 Å². The number of carboxylic acids is 1. The number of aliphatic carboxylic acids is 1. The van der Waals surface area contributed by atoms with E-state index in [-0.39, 0.29) is 6.04 Å². The van der Waals surface area contributed by atoms with Crippen LogP contribution in [-0.4, -0.2) is 48.9 Å². The summed E-state index contributed by atoms with van der Waals surface area (Å²) in [5.74, 6) is -0.158. The second-order valence-corrected chi connectivity index (χ2v) is 11.7. The second-order valence-electron chi connectivity index (χ2n) is 11.7. The van der Waals surface area contributed by atoms with Crippen molar-refractivity contribution < 1.29 is 19.4 Å². The van der Waals surface area contributed by atoms with Crippen molar-refractivity contribution >= 4 is 5.97 Å². The third-order valence-corrected chi connectivity index (χ3v) is 8.83. The molecule has 5 heteroatoms. The number of fused-ring (bicyclic) bond motifs is 2. The van der Waals surface area contributed by atoms with Crippen molar-refractivity contribution in [1.29, 1.82) is 0 Å². The van der Waals surface area contributed by atoms with E-state index < -0.39 is 12.1 Å². The minimum Gasteiger partial charge on any atom is -0.492 e. The highest BCUT2D eigenvalue weighted by Crippen LogP contribution is 2.38. The first-order valence-electron chi connectivity index (χ1n) is 16.0. The average molecular weight is 592 g/mol. The van der Waals surface area contributed by atoms with E-state index in [0.29, 0.717) is 19.6 Å². The van der Waals surface area contributed by atoms with Gasteiger partial charge in [-0.15, -0.1) is 0 Å². The number of hydrogen-bond donors (Lipinski definition) is 1. The predicted octanol–water partition coefficient (Wildman–Crippen LogP) is 7.27. The monoisotopic (exact) mass is 591 g/mol. The Bertz CT molecular complexity index is 1520. The predicted molar refractivity (Wildman–Crippen MR) is 177 cm³/mol. The van der Waals surface area contributed by atoms with Gasteiger partial charge < -0.3 is 14.6 Å². The number of nitrogens with zero attached hydrogens (tertiary/aromatic N) is 1. The van der Waals surface area contributed by atoms with Gasteiger partial charge in [0.1, 0.15) is 12.4 Å². The lowest BCUT2D eigenvalue weighted by Gasteiger charge is -2.31. The molecule has 2 unspecified atom stereocenters. The molecule has 1 N–H and O–H groups in total. The Morgan fingerprint density at radius 2 is 1.64 bits per heavy atom. The topological polar surface area (TPSA) is 59.0 Å². The van der Waals surface area contributed by atoms with Crippen molar-refractivity contribution in [2.24, 2.45) is 0 Å². The van der Waals surface area contributed by atoms with E-state index in [9.17, 15) is 9.90 Å². The number of rotatable bonds is 14. The van der Waals surface area contributed by atoms with Gasteiger partial charge in [-0.1, -0.05) is 85.8 Å². The standard InChI is InChI=1S/C39H45NO4/c1-4-28-17-22-35-32(26-28)19-23-34-31(18-14-29-10-7-6-8-11-29)12-9-13-36(34)38(35)40(3)24-25-44-33-20-15-30(16-21-33)27-37(39(41)42)43-5-2/h6-13,15-17,20-22,26,37-38H,4-5,14,18-19,23-25,27H2,1-3H3,(H,41,42). The zero-order valence-corrected chi connectivity index (χ0v) is 26.3. The molecule has 4 aromatic carbocycles. The zero-order chi connectivity index (χ0) is 30.9. The van der Waals surface area contributed by atoms with Crippen LogP contribution in [0, 0.1) is 0 Å². The fourth-order valence-corrected chi connectivity index (χ4v) is 6.43. The number of hydrogen-bond acceptors (Lipinski definition) is 4. The van der Waals surface area contributed by atoms with Gasteiger partial charge in [-0.3, -0.25) is 4.90 Å². The molecule has 0 fully saturated rings. The minimum atomic E-state index is -0.939. The van der Waals surface area contributed by atoms with Crippen LogP contribution in [0.15, 0.2) is 91.0 Å². The Kier molecular flexibility index (Phi) is 10.9. The molecule has 0 saturated heterocycles. The summed E-state index contributed by atoms with van der Waals surface area (Å²) in [5.41, 5.74) is 10.9. The van der Waals surface area contributed by atoms with E-state index in [0.717, 1.165) is 50.0 Å². The maximum atomic E-state index is 11.5. The Balaban J connectivity index is 1.32. The molecule has 5 rings (SSSR count). The molecule has 0 spiro atoms. The molecule has 2 atom stereocenters. The Hall–Kier alpha value is -3.93. The van der Waals surface area contributed by atoms with Gasteiger partial charge in [0.15, 0.2) is 6.10 Å². The summed E-state index contributed by atoms with van der Waals surface area (Å²) in [4.78, 5) is 13.9. The quantitative estimate of drug-likeness (QED) is 0.167. The molecular weight excluding hydrogens is 546 g/mol. The second kappa shape index (κ2) is 15.2. The van der Waals surface area contributed by atoms with Crippen LogP contribution >= 0.6 is 0 Å². The summed E-state index contributed by atoms with van der Waals surface area (Å²) in [6, 6.07) is 32.6. The number of carbonyl (C=O) groups is 1. The van der Waals surface area contributed by atoms with Crippen molar-refractivity contribution in [3.05, 3.63) is 136 Å². The third kappa shape index (κ3) is 7.77. The molecule has 0 aliphatic heterocycles. The van der Waals surface area contributed by atoms with Crippen LogP contribution in [0.2, 0.25) is 0 Å². The lowest BCUT2D eigenvalue weighted by atomic mass is 9.89. The SMILES string of the molecule is CCOC(Cc1ccc(OCCN(C)C2c3ccc(CC)cc3CCc3c(CCc4ccccc4)cccc32)cc1)C(=O)O. The Morgan fingerprint density at radius 3 is 2.36 bits per heavy atom. The number of aryl methyl sites for hydroxylation is 4. The smallest absolute Gasteiger partial charge is 0.333 e. The van der Waals surface area contributed by atoms with E-state index in [4.69, 9.17) is 9.47 Å². The van der Waals surface area contributed by atoms with Crippen molar-refractivity contribution in [1.82, 2.24) is 4.90 Å². The molecule has 0 saturated carbocycles. The summed E-state index contributed by atoms with van der Waals surface area (Å²) in [5, 5.41) is 9.40. The van der Waals surface area contributed by atoms with Gasteiger partial charge in [0, 0.05) is 19.6 Å². The van der Waals surface area contributed by atoms with Gasteiger partial charge in [-0.25, -0.2) is 4.79 Å². The number of likely N-dealkylation sites (N-methyl/N-ethyl adjacent to an activating group) is 1. The van der Waals surface area contributed by atoms with Crippen LogP contribution < -0.4 is 4.74 Å². The average Bonchev–Trinajstić information content (AvgIpc) is 3.21. The van der Waals surface area contributed by atoms with Crippen molar-refractivity contribution in [2.75, 3.05) is 26.8 Å². The van der Waals surface area contributed by atoms with E-state index in [2.05, 4.69) is 85.6 Å². The number of carboxylic acid groups (broad SMARTS) is 1. The maximum Gasteiger partial charge on any atom is 0.333 e. The van der Waals surface area contributed by atoms with Crippen LogP contribution in [0.1, 0.15) is 64.4 Å². The normalized spacial score (nSPS) is 14.9. The van der Waals surface area contributed by atoms with Gasteiger partial charge in [0.2, 0.25) is 0 Å². The van der Waals surface area contributed by atoms with Gasteiger partial charge >= 0.3 is 5.97 Å². The first-order chi connectivity index (χ1) is 21.5. The van der Waals surface area contributed by atoms with Gasteiger partial charge in [0.25, 0.3) is 0 Å².